The summed E-state index contributed by atoms with van der Waals surface area (Å²) in [4.78, 5) is 9.49. The molecule has 0 aliphatic heterocycles. The predicted octanol–water partition coefficient (Wildman–Crippen LogP) is 3.54. The molecule has 0 N–H and O–H groups in total. The Balaban J connectivity index is 2.66. The van der Waals surface area contributed by atoms with E-state index in [0.717, 1.165) is 6.07 Å². The topological polar surface area (TPSA) is 43.1 Å². The quantitative estimate of drug-likeness (QED) is 0.590. The third-order valence-corrected chi connectivity index (χ3v) is 2.33. The van der Waals surface area contributed by atoms with Crippen molar-refractivity contribution in [2.45, 2.75) is 0 Å². The lowest BCUT2D eigenvalue weighted by molar-refractivity contribution is -0.390. The molecule has 0 amide bonds. The van der Waals surface area contributed by atoms with E-state index in [0.29, 0.717) is 5.56 Å². The minimum absolute atomic E-state index is 0.0127. The lowest BCUT2D eigenvalue weighted by Gasteiger charge is -2.04. The van der Waals surface area contributed by atoms with Gasteiger partial charge in [-0.2, -0.15) is 8.78 Å². The second-order valence-electron chi connectivity index (χ2n) is 3.38. The lowest BCUT2D eigenvalue weighted by atomic mass is 10.0. The fraction of sp³-hybridized carbons (Fsp3) is 0. The number of hydrogen-bond acceptors (Lipinski definition) is 2. The molecular formula is C12H7F2NO2. The first kappa shape index (κ1) is 11.2. The van der Waals surface area contributed by atoms with Crippen molar-refractivity contribution >= 4 is 5.69 Å². The summed E-state index contributed by atoms with van der Waals surface area (Å²) in [5.74, 6) is -2.33. The molecule has 0 aromatic heterocycles. The van der Waals surface area contributed by atoms with E-state index < -0.39 is 22.2 Å². The molecular weight excluding hydrogens is 228 g/mol. The molecule has 2 aromatic carbocycles. The SMILES string of the molecule is O=[N+]([O-])c1c(F)ccc(-c2ccccc2)c1F. The third-order valence-electron chi connectivity index (χ3n) is 2.33. The van der Waals surface area contributed by atoms with Gasteiger partial charge in [0.1, 0.15) is 0 Å². The smallest absolute Gasteiger partial charge is 0.258 e. The zero-order chi connectivity index (χ0) is 12.4. The molecule has 0 aliphatic carbocycles. The van der Waals surface area contributed by atoms with Gasteiger partial charge in [-0.3, -0.25) is 10.1 Å². The second kappa shape index (κ2) is 4.29. The maximum absolute atomic E-state index is 13.8. The third kappa shape index (κ3) is 1.99. The normalized spacial score (nSPS) is 10.2. The Labute approximate surface area is 95.5 Å². The van der Waals surface area contributed by atoms with E-state index >= 15 is 0 Å². The highest BCUT2D eigenvalue weighted by atomic mass is 19.1. The van der Waals surface area contributed by atoms with Crippen molar-refractivity contribution < 1.29 is 13.7 Å². The molecule has 0 saturated carbocycles. The van der Waals surface area contributed by atoms with Gasteiger partial charge < -0.3 is 0 Å². The molecule has 0 bridgehead atoms. The molecule has 5 heteroatoms. The van der Waals surface area contributed by atoms with Crippen LogP contribution in [0.25, 0.3) is 11.1 Å². The molecule has 0 unspecified atom stereocenters. The molecule has 86 valence electrons. The molecule has 0 aliphatic rings. The average molecular weight is 235 g/mol. The van der Waals surface area contributed by atoms with Crippen LogP contribution in [0.4, 0.5) is 14.5 Å². The number of rotatable bonds is 2. The minimum Gasteiger partial charge on any atom is -0.258 e. The van der Waals surface area contributed by atoms with Crippen LogP contribution >= 0.6 is 0 Å². The molecule has 0 heterocycles. The first-order valence-corrected chi connectivity index (χ1v) is 4.79. The maximum Gasteiger partial charge on any atom is 0.340 e. The van der Waals surface area contributed by atoms with Crippen molar-refractivity contribution in [3.63, 3.8) is 0 Å². The van der Waals surface area contributed by atoms with Crippen LogP contribution in [0.15, 0.2) is 42.5 Å². The Kier molecular flexibility index (Phi) is 2.82. The van der Waals surface area contributed by atoms with E-state index in [9.17, 15) is 18.9 Å². The van der Waals surface area contributed by atoms with Crippen molar-refractivity contribution in [3.05, 3.63) is 64.2 Å². The minimum atomic E-state index is -1.17. The Bertz CT molecular complexity index is 570. The summed E-state index contributed by atoms with van der Waals surface area (Å²) in [6, 6.07) is 10.4. The molecule has 2 rings (SSSR count). The summed E-state index contributed by atoms with van der Waals surface area (Å²) in [5, 5.41) is 10.6. The molecule has 0 fully saturated rings. The van der Waals surface area contributed by atoms with Crippen LogP contribution in [0.3, 0.4) is 0 Å². The predicted molar refractivity (Wildman–Crippen MR) is 58.4 cm³/mol. The van der Waals surface area contributed by atoms with E-state index in [4.69, 9.17) is 0 Å². The Morgan fingerprint density at radius 1 is 1.00 bits per heavy atom. The monoisotopic (exact) mass is 235 g/mol. The summed E-state index contributed by atoms with van der Waals surface area (Å²) in [6.45, 7) is 0. The molecule has 3 nitrogen and oxygen atoms in total. The fourth-order valence-corrected chi connectivity index (χ4v) is 1.55. The molecule has 2 aromatic rings. The van der Waals surface area contributed by atoms with Gasteiger partial charge in [0.25, 0.3) is 0 Å². The number of benzene rings is 2. The van der Waals surface area contributed by atoms with Crippen LogP contribution in [0.5, 0.6) is 0 Å². The van der Waals surface area contributed by atoms with E-state index in [1.807, 2.05) is 0 Å². The van der Waals surface area contributed by atoms with E-state index in [-0.39, 0.29) is 5.56 Å². The van der Waals surface area contributed by atoms with Crippen LogP contribution in [-0.4, -0.2) is 4.92 Å². The van der Waals surface area contributed by atoms with Gasteiger partial charge in [0.2, 0.25) is 11.6 Å². The van der Waals surface area contributed by atoms with Gasteiger partial charge in [0.15, 0.2) is 0 Å². The standard InChI is InChI=1S/C12H7F2NO2/c13-10-7-6-9(8-4-2-1-3-5-8)11(14)12(10)15(16)17/h1-7H. The average Bonchev–Trinajstić information content (AvgIpc) is 2.30. The van der Waals surface area contributed by atoms with Crippen LogP contribution in [0, 0.1) is 21.7 Å². The van der Waals surface area contributed by atoms with E-state index in [2.05, 4.69) is 0 Å². The molecule has 17 heavy (non-hydrogen) atoms. The van der Waals surface area contributed by atoms with Crippen molar-refractivity contribution in [2.75, 3.05) is 0 Å². The van der Waals surface area contributed by atoms with Gasteiger partial charge in [-0.15, -0.1) is 0 Å². The number of halogens is 2. The van der Waals surface area contributed by atoms with Crippen molar-refractivity contribution in [1.29, 1.82) is 0 Å². The zero-order valence-electron chi connectivity index (χ0n) is 8.56. The summed E-state index contributed by atoms with van der Waals surface area (Å²) in [6.07, 6.45) is 0. The van der Waals surface area contributed by atoms with Crippen LogP contribution in [0.1, 0.15) is 0 Å². The van der Waals surface area contributed by atoms with Crippen molar-refractivity contribution in [3.8, 4) is 11.1 Å². The molecule has 0 radical (unpaired) electrons. The highest BCUT2D eigenvalue weighted by Crippen LogP contribution is 2.30. The van der Waals surface area contributed by atoms with Gasteiger partial charge in [-0.25, -0.2) is 0 Å². The van der Waals surface area contributed by atoms with Crippen molar-refractivity contribution in [1.82, 2.24) is 0 Å². The number of nitro groups is 1. The Morgan fingerprint density at radius 2 is 1.65 bits per heavy atom. The first-order valence-electron chi connectivity index (χ1n) is 4.79. The van der Waals surface area contributed by atoms with Crippen LogP contribution in [-0.2, 0) is 0 Å². The summed E-state index contributed by atoms with van der Waals surface area (Å²) < 4.78 is 26.9. The highest BCUT2D eigenvalue weighted by Gasteiger charge is 2.24. The number of nitrogens with zero attached hydrogens (tertiary/aromatic N) is 1. The summed E-state index contributed by atoms with van der Waals surface area (Å²) >= 11 is 0. The van der Waals surface area contributed by atoms with Gasteiger partial charge >= 0.3 is 5.69 Å². The van der Waals surface area contributed by atoms with E-state index in [1.165, 1.54) is 6.07 Å². The molecule has 0 spiro atoms. The molecule has 0 saturated heterocycles. The van der Waals surface area contributed by atoms with Gasteiger partial charge in [-0.05, 0) is 17.7 Å². The maximum atomic E-state index is 13.8. The number of hydrogen-bond donors (Lipinski definition) is 0. The molecule has 0 atom stereocenters. The van der Waals surface area contributed by atoms with Gasteiger partial charge in [0, 0.05) is 5.56 Å². The highest BCUT2D eigenvalue weighted by molar-refractivity contribution is 5.67. The van der Waals surface area contributed by atoms with Crippen LogP contribution in [0.2, 0.25) is 0 Å². The first-order chi connectivity index (χ1) is 8.11. The van der Waals surface area contributed by atoms with Gasteiger partial charge in [0.05, 0.1) is 4.92 Å². The fourth-order valence-electron chi connectivity index (χ4n) is 1.55. The van der Waals surface area contributed by atoms with Gasteiger partial charge in [-0.1, -0.05) is 30.3 Å². The zero-order valence-corrected chi connectivity index (χ0v) is 8.56. The summed E-state index contributed by atoms with van der Waals surface area (Å²) in [5.41, 5.74) is -0.641. The van der Waals surface area contributed by atoms with Crippen molar-refractivity contribution in [2.24, 2.45) is 0 Å². The largest absolute Gasteiger partial charge is 0.340 e. The number of nitro benzene ring substituents is 1. The Hall–Kier alpha value is -2.30. The Morgan fingerprint density at radius 3 is 2.24 bits per heavy atom. The second-order valence-corrected chi connectivity index (χ2v) is 3.38. The van der Waals surface area contributed by atoms with Crippen LogP contribution < -0.4 is 0 Å². The lowest BCUT2D eigenvalue weighted by Crippen LogP contribution is -1.98. The summed E-state index contributed by atoms with van der Waals surface area (Å²) in [7, 11) is 0. The van der Waals surface area contributed by atoms with E-state index in [1.54, 1.807) is 30.3 Å².